The minimum absolute atomic E-state index is 0.451. The first-order valence-electron chi connectivity index (χ1n) is 5.90. The molecule has 0 spiro atoms. The van der Waals surface area contributed by atoms with Gasteiger partial charge in [-0.25, -0.2) is 0 Å². The first-order chi connectivity index (χ1) is 9.16. The van der Waals surface area contributed by atoms with E-state index in [0.717, 1.165) is 23.0 Å². The molecule has 0 saturated heterocycles. The summed E-state index contributed by atoms with van der Waals surface area (Å²) in [6.07, 6.45) is 0.988. The monoisotopic (exact) mass is 254 g/mol. The van der Waals surface area contributed by atoms with Gasteiger partial charge >= 0.3 is 0 Å². The van der Waals surface area contributed by atoms with Gasteiger partial charge in [0.25, 0.3) is 6.20 Å². The van der Waals surface area contributed by atoms with Crippen molar-refractivity contribution in [1.29, 1.82) is 0 Å². The van der Waals surface area contributed by atoms with Gasteiger partial charge in [0.15, 0.2) is 0 Å². The molecule has 0 aliphatic carbocycles. The molecular weight excluding hydrogens is 240 g/mol. The van der Waals surface area contributed by atoms with E-state index in [-0.39, 0.29) is 0 Å². The zero-order valence-electron chi connectivity index (χ0n) is 10.5. The molecular formula is C15H14N2O2. The second-order valence-corrected chi connectivity index (χ2v) is 4.13. The summed E-state index contributed by atoms with van der Waals surface area (Å²) in [4.78, 5) is 10.3. The Labute approximate surface area is 111 Å². The Kier molecular flexibility index (Phi) is 3.93. The molecule has 96 valence electrons. The van der Waals surface area contributed by atoms with Gasteiger partial charge < -0.3 is 5.32 Å². The molecule has 4 nitrogen and oxygen atoms in total. The van der Waals surface area contributed by atoms with Crippen LogP contribution in [0.2, 0.25) is 0 Å². The van der Waals surface area contributed by atoms with Crippen molar-refractivity contribution >= 4 is 11.4 Å². The third-order valence-corrected chi connectivity index (χ3v) is 2.73. The van der Waals surface area contributed by atoms with Crippen molar-refractivity contribution in [3.8, 4) is 0 Å². The minimum Gasteiger partial charge on any atom is -0.350 e. The Hall–Kier alpha value is -2.62. The highest BCUT2D eigenvalue weighted by Gasteiger charge is 2.07. The Bertz CT molecular complexity index is 607. The van der Waals surface area contributed by atoms with E-state index in [4.69, 9.17) is 0 Å². The van der Waals surface area contributed by atoms with Gasteiger partial charge in [0, 0.05) is 11.3 Å². The van der Waals surface area contributed by atoms with Crippen LogP contribution < -0.4 is 5.32 Å². The zero-order chi connectivity index (χ0) is 13.7. The number of nitrogens with zero attached hydrogens (tertiary/aromatic N) is 1. The van der Waals surface area contributed by atoms with E-state index in [1.54, 1.807) is 0 Å². The molecule has 0 unspecified atom stereocenters. The Morgan fingerprint density at radius 2 is 1.74 bits per heavy atom. The van der Waals surface area contributed by atoms with Crippen molar-refractivity contribution in [3.63, 3.8) is 0 Å². The molecule has 0 aromatic heterocycles. The van der Waals surface area contributed by atoms with E-state index < -0.39 is 4.92 Å². The molecule has 2 aromatic carbocycles. The lowest BCUT2D eigenvalue weighted by Gasteiger charge is -2.11. The maximum absolute atomic E-state index is 10.7. The molecule has 4 heteroatoms. The molecule has 0 atom stereocenters. The minimum atomic E-state index is -0.451. The van der Waals surface area contributed by atoms with Gasteiger partial charge in [-0.1, -0.05) is 48.5 Å². The van der Waals surface area contributed by atoms with Crippen LogP contribution in [0.1, 0.15) is 11.1 Å². The molecule has 0 aliphatic heterocycles. The average Bonchev–Trinajstić information content (AvgIpc) is 2.41. The molecule has 0 radical (unpaired) electrons. The first kappa shape index (κ1) is 12.8. The molecule has 0 heterocycles. The fourth-order valence-electron chi connectivity index (χ4n) is 1.76. The average molecular weight is 254 g/mol. The van der Waals surface area contributed by atoms with Crippen LogP contribution in [0.15, 0.2) is 60.8 Å². The van der Waals surface area contributed by atoms with Crippen LogP contribution in [-0.4, -0.2) is 4.92 Å². The van der Waals surface area contributed by atoms with Crippen molar-refractivity contribution in [1.82, 2.24) is 0 Å². The van der Waals surface area contributed by atoms with E-state index in [1.165, 1.54) is 0 Å². The molecule has 19 heavy (non-hydrogen) atoms. The SMILES string of the molecule is Cc1ccccc1N/C(=C/[N+](=O)[O-])c1ccccc1. The van der Waals surface area contributed by atoms with Crippen molar-refractivity contribution in [2.24, 2.45) is 0 Å². The molecule has 2 rings (SSSR count). The van der Waals surface area contributed by atoms with Gasteiger partial charge in [0.2, 0.25) is 0 Å². The molecule has 0 amide bonds. The van der Waals surface area contributed by atoms with Crippen LogP contribution in [0.3, 0.4) is 0 Å². The van der Waals surface area contributed by atoms with Crippen molar-refractivity contribution < 1.29 is 4.92 Å². The van der Waals surface area contributed by atoms with Crippen molar-refractivity contribution in [3.05, 3.63) is 82.0 Å². The highest BCUT2D eigenvalue weighted by molar-refractivity contribution is 5.77. The van der Waals surface area contributed by atoms with Crippen LogP contribution in [0.5, 0.6) is 0 Å². The summed E-state index contributed by atoms with van der Waals surface area (Å²) in [7, 11) is 0. The summed E-state index contributed by atoms with van der Waals surface area (Å²) < 4.78 is 0. The summed E-state index contributed by atoms with van der Waals surface area (Å²) in [5.41, 5.74) is 3.15. The van der Waals surface area contributed by atoms with E-state index in [9.17, 15) is 10.1 Å². The van der Waals surface area contributed by atoms with E-state index in [0.29, 0.717) is 5.70 Å². The zero-order valence-corrected chi connectivity index (χ0v) is 10.5. The number of hydrogen-bond acceptors (Lipinski definition) is 3. The fraction of sp³-hybridized carbons (Fsp3) is 0.0667. The fourth-order valence-corrected chi connectivity index (χ4v) is 1.76. The summed E-state index contributed by atoms with van der Waals surface area (Å²) in [6, 6.07) is 16.9. The van der Waals surface area contributed by atoms with Crippen LogP contribution in [0.25, 0.3) is 5.70 Å². The van der Waals surface area contributed by atoms with Crippen molar-refractivity contribution in [2.45, 2.75) is 6.92 Å². The van der Waals surface area contributed by atoms with Crippen LogP contribution >= 0.6 is 0 Å². The summed E-state index contributed by atoms with van der Waals surface area (Å²) >= 11 is 0. The normalized spacial score (nSPS) is 11.1. The van der Waals surface area contributed by atoms with Crippen LogP contribution in [0, 0.1) is 17.0 Å². The number of hydrogen-bond donors (Lipinski definition) is 1. The standard InChI is InChI=1S/C15H14N2O2/c1-12-7-5-6-10-14(12)16-15(11-17(18)19)13-8-3-2-4-9-13/h2-11,16H,1H3/b15-11+. The van der Waals surface area contributed by atoms with E-state index in [1.807, 2.05) is 61.5 Å². The number of benzene rings is 2. The number of nitro groups is 1. The second-order valence-electron chi connectivity index (χ2n) is 4.13. The smallest absolute Gasteiger partial charge is 0.258 e. The van der Waals surface area contributed by atoms with Gasteiger partial charge in [-0.3, -0.25) is 10.1 Å². The molecule has 0 saturated carbocycles. The van der Waals surface area contributed by atoms with E-state index in [2.05, 4.69) is 5.32 Å². The number of nitrogens with one attached hydrogen (secondary N) is 1. The number of anilines is 1. The van der Waals surface area contributed by atoms with Crippen LogP contribution in [0.4, 0.5) is 5.69 Å². The van der Waals surface area contributed by atoms with Crippen molar-refractivity contribution in [2.75, 3.05) is 5.32 Å². The maximum atomic E-state index is 10.7. The Morgan fingerprint density at radius 1 is 1.11 bits per heavy atom. The maximum Gasteiger partial charge on any atom is 0.258 e. The number of aryl methyl sites for hydroxylation is 1. The van der Waals surface area contributed by atoms with Gasteiger partial charge in [-0.15, -0.1) is 0 Å². The third kappa shape index (κ3) is 3.42. The predicted octanol–water partition coefficient (Wildman–Crippen LogP) is 3.68. The van der Waals surface area contributed by atoms with Gasteiger partial charge in [0.05, 0.1) is 4.92 Å². The quantitative estimate of drug-likeness (QED) is 0.668. The lowest BCUT2D eigenvalue weighted by atomic mass is 10.1. The predicted molar refractivity (Wildman–Crippen MR) is 76.2 cm³/mol. The number of rotatable bonds is 4. The lowest BCUT2D eigenvalue weighted by Crippen LogP contribution is -2.03. The topological polar surface area (TPSA) is 55.2 Å². The van der Waals surface area contributed by atoms with Gasteiger partial charge in [0.1, 0.15) is 5.70 Å². The Morgan fingerprint density at radius 3 is 2.37 bits per heavy atom. The highest BCUT2D eigenvalue weighted by Crippen LogP contribution is 2.21. The first-order valence-corrected chi connectivity index (χ1v) is 5.90. The molecule has 0 aliphatic rings. The molecule has 1 N–H and O–H groups in total. The van der Waals surface area contributed by atoms with Crippen LogP contribution in [-0.2, 0) is 0 Å². The van der Waals surface area contributed by atoms with Gasteiger partial charge in [-0.2, -0.15) is 0 Å². The molecule has 2 aromatic rings. The highest BCUT2D eigenvalue weighted by atomic mass is 16.6. The summed E-state index contributed by atoms with van der Waals surface area (Å²) in [5, 5.41) is 13.9. The van der Waals surface area contributed by atoms with Gasteiger partial charge in [-0.05, 0) is 18.6 Å². The lowest BCUT2D eigenvalue weighted by molar-refractivity contribution is -0.401. The largest absolute Gasteiger partial charge is 0.350 e. The third-order valence-electron chi connectivity index (χ3n) is 2.73. The summed E-state index contributed by atoms with van der Waals surface area (Å²) in [5.74, 6) is 0. The molecule has 0 fully saturated rings. The number of para-hydroxylation sites is 1. The summed E-state index contributed by atoms with van der Waals surface area (Å²) in [6.45, 7) is 1.96. The Balaban J connectivity index is 2.36. The van der Waals surface area contributed by atoms with E-state index >= 15 is 0 Å². The second kappa shape index (κ2) is 5.82. The molecule has 0 bridgehead atoms.